The molecule has 0 atom stereocenters. The average molecular weight is 306 g/mol. The lowest BCUT2D eigenvalue weighted by Gasteiger charge is -2.10. The molecule has 0 aliphatic heterocycles. The Kier molecular flexibility index (Phi) is 3.97. The summed E-state index contributed by atoms with van der Waals surface area (Å²) in [7, 11) is 1.31. The summed E-state index contributed by atoms with van der Waals surface area (Å²) >= 11 is 0. The maximum absolute atomic E-state index is 11.0. The summed E-state index contributed by atoms with van der Waals surface area (Å²) in [5.41, 5.74) is 5.04. The Morgan fingerprint density at radius 2 is 1.95 bits per heavy atom. The Balaban J connectivity index is 2.46. The number of rotatable bonds is 5. The van der Waals surface area contributed by atoms with E-state index < -0.39 is 15.5 Å². The quantitative estimate of drug-likeness (QED) is 0.617. The maximum Gasteiger partial charge on any atom is 0.353 e. The molecule has 1 heterocycles. The number of non-ortho nitro benzene ring substituents is 1. The molecule has 2 aromatic rings. The molecule has 1 aromatic heterocycles. The van der Waals surface area contributed by atoms with Gasteiger partial charge in [-0.3, -0.25) is 20.2 Å². The molecule has 0 spiro atoms. The average Bonchev–Trinajstić information content (AvgIpc) is 2.47. The van der Waals surface area contributed by atoms with Crippen molar-refractivity contribution < 1.29 is 14.6 Å². The number of nitrogens with zero attached hydrogens (tertiary/aromatic N) is 4. The molecular formula is C11H10N6O5. The van der Waals surface area contributed by atoms with Gasteiger partial charge in [0.15, 0.2) is 0 Å². The number of benzene rings is 1. The Morgan fingerprint density at radius 1 is 1.23 bits per heavy atom. The highest BCUT2D eigenvalue weighted by atomic mass is 16.6. The predicted octanol–water partition coefficient (Wildman–Crippen LogP) is 1.63. The molecule has 0 fully saturated rings. The standard InChI is InChI=1S/C11H10N6O5/c1-22-8-4-6(16(18)19)2-3-7(8)15-11-9(17(20)21)10(12)13-5-14-11/h2-5H,1H3,(H3,12,13,14,15). The van der Waals surface area contributed by atoms with Gasteiger partial charge in [0.25, 0.3) is 5.69 Å². The number of nitro groups is 2. The zero-order valence-corrected chi connectivity index (χ0v) is 11.2. The molecule has 0 aliphatic carbocycles. The van der Waals surface area contributed by atoms with Gasteiger partial charge in [0.05, 0.1) is 28.7 Å². The van der Waals surface area contributed by atoms with Crippen molar-refractivity contribution in [2.45, 2.75) is 0 Å². The summed E-state index contributed by atoms with van der Waals surface area (Å²) in [6, 6.07) is 3.75. The van der Waals surface area contributed by atoms with Gasteiger partial charge in [0, 0.05) is 6.07 Å². The van der Waals surface area contributed by atoms with Gasteiger partial charge in [-0.15, -0.1) is 0 Å². The van der Waals surface area contributed by atoms with Crippen LogP contribution in [0.5, 0.6) is 5.75 Å². The second-order valence-corrected chi connectivity index (χ2v) is 3.98. The van der Waals surface area contributed by atoms with E-state index in [0.29, 0.717) is 0 Å². The number of anilines is 3. The highest BCUT2D eigenvalue weighted by Crippen LogP contribution is 2.34. The van der Waals surface area contributed by atoms with E-state index in [1.165, 1.54) is 25.3 Å². The van der Waals surface area contributed by atoms with Crippen molar-refractivity contribution in [1.82, 2.24) is 9.97 Å². The molecule has 0 bridgehead atoms. The lowest BCUT2D eigenvalue weighted by Crippen LogP contribution is -2.05. The molecule has 0 unspecified atom stereocenters. The van der Waals surface area contributed by atoms with E-state index in [1.54, 1.807) is 0 Å². The van der Waals surface area contributed by atoms with Crippen molar-refractivity contribution in [3.05, 3.63) is 44.8 Å². The van der Waals surface area contributed by atoms with E-state index in [9.17, 15) is 20.2 Å². The first-order valence-electron chi connectivity index (χ1n) is 5.78. The largest absolute Gasteiger partial charge is 0.494 e. The van der Waals surface area contributed by atoms with Crippen molar-refractivity contribution in [1.29, 1.82) is 0 Å². The number of nitrogen functional groups attached to an aromatic ring is 1. The summed E-state index contributed by atoms with van der Waals surface area (Å²) in [4.78, 5) is 27.7. The van der Waals surface area contributed by atoms with Crippen LogP contribution in [0.15, 0.2) is 24.5 Å². The van der Waals surface area contributed by atoms with Crippen LogP contribution in [0.1, 0.15) is 0 Å². The molecule has 0 radical (unpaired) electrons. The molecule has 0 amide bonds. The van der Waals surface area contributed by atoms with Crippen LogP contribution in [0.4, 0.5) is 28.7 Å². The van der Waals surface area contributed by atoms with Gasteiger partial charge in [-0.25, -0.2) is 9.97 Å². The van der Waals surface area contributed by atoms with E-state index in [-0.39, 0.29) is 28.8 Å². The lowest BCUT2D eigenvalue weighted by atomic mass is 10.2. The summed E-state index contributed by atoms with van der Waals surface area (Å²) in [5, 5.41) is 24.4. The first-order valence-corrected chi connectivity index (χ1v) is 5.78. The number of nitrogens with one attached hydrogen (secondary N) is 1. The summed E-state index contributed by atoms with van der Waals surface area (Å²) in [6.07, 6.45) is 1.06. The van der Waals surface area contributed by atoms with Crippen molar-refractivity contribution in [2.24, 2.45) is 0 Å². The maximum atomic E-state index is 11.0. The Hall–Kier alpha value is -3.50. The number of hydrogen-bond acceptors (Lipinski definition) is 9. The zero-order valence-electron chi connectivity index (χ0n) is 11.2. The normalized spacial score (nSPS) is 10.0. The highest BCUT2D eigenvalue weighted by Gasteiger charge is 2.22. The monoisotopic (exact) mass is 306 g/mol. The van der Waals surface area contributed by atoms with Gasteiger partial charge < -0.3 is 15.8 Å². The number of nitro benzene ring substituents is 1. The Bertz CT molecular complexity index is 750. The summed E-state index contributed by atoms with van der Waals surface area (Å²) in [5.74, 6) is -0.325. The molecule has 0 saturated heterocycles. The van der Waals surface area contributed by atoms with Crippen molar-refractivity contribution in [2.75, 3.05) is 18.2 Å². The minimum absolute atomic E-state index is 0.126. The molecule has 11 heteroatoms. The van der Waals surface area contributed by atoms with Gasteiger partial charge in [0.2, 0.25) is 11.6 Å². The molecule has 2 rings (SSSR count). The predicted molar refractivity (Wildman–Crippen MR) is 76.0 cm³/mol. The van der Waals surface area contributed by atoms with E-state index in [4.69, 9.17) is 10.5 Å². The fourth-order valence-electron chi connectivity index (χ4n) is 1.69. The van der Waals surface area contributed by atoms with Crippen LogP contribution in [0.3, 0.4) is 0 Å². The summed E-state index contributed by atoms with van der Waals surface area (Å²) in [6.45, 7) is 0. The third kappa shape index (κ3) is 2.82. The van der Waals surface area contributed by atoms with Crippen LogP contribution >= 0.6 is 0 Å². The van der Waals surface area contributed by atoms with E-state index in [1.807, 2.05) is 0 Å². The number of hydrogen-bond donors (Lipinski definition) is 2. The zero-order chi connectivity index (χ0) is 16.3. The molecular weight excluding hydrogens is 296 g/mol. The van der Waals surface area contributed by atoms with Gasteiger partial charge >= 0.3 is 5.69 Å². The fraction of sp³-hybridized carbons (Fsp3) is 0.0909. The van der Waals surface area contributed by atoms with Gasteiger partial charge in [-0.05, 0) is 6.07 Å². The molecule has 0 saturated carbocycles. The van der Waals surface area contributed by atoms with Crippen LogP contribution in [0.25, 0.3) is 0 Å². The molecule has 11 nitrogen and oxygen atoms in total. The number of methoxy groups -OCH3 is 1. The minimum Gasteiger partial charge on any atom is -0.494 e. The lowest BCUT2D eigenvalue weighted by molar-refractivity contribution is -0.384. The first kappa shape index (κ1) is 14.9. The topological polar surface area (TPSA) is 159 Å². The Morgan fingerprint density at radius 3 is 2.55 bits per heavy atom. The number of aromatic nitrogens is 2. The van der Waals surface area contributed by atoms with Crippen LogP contribution in [0, 0.1) is 20.2 Å². The van der Waals surface area contributed by atoms with E-state index >= 15 is 0 Å². The number of ether oxygens (including phenoxy) is 1. The van der Waals surface area contributed by atoms with Crippen molar-refractivity contribution >= 4 is 28.7 Å². The fourth-order valence-corrected chi connectivity index (χ4v) is 1.69. The third-order valence-corrected chi connectivity index (χ3v) is 2.68. The van der Waals surface area contributed by atoms with Crippen LogP contribution < -0.4 is 15.8 Å². The second kappa shape index (κ2) is 5.87. The smallest absolute Gasteiger partial charge is 0.353 e. The first-order chi connectivity index (χ1) is 10.4. The van der Waals surface area contributed by atoms with Gasteiger partial charge in [-0.1, -0.05) is 0 Å². The van der Waals surface area contributed by atoms with Crippen molar-refractivity contribution in [3.8, 4) is 5.75 Å². The number of nitrogens with two attached hydrogens (primary N) is 1. The van der Waals surface area contributed by atoms with Crippen LogP contribution in [-0.4, -0.2) is 26.9 Å². The van der Waals surface area contributed by atoms with Crippen LogP contribution in [-0.2, 0) is 0 Å². The highest BCUT2D eigenvalue weighted by molar-refractivity contribution is 5.75. The molecule has 0 aliphatic rings. The van der Waals surface area contributed by atoms with E-state index in [2.05, 4.69) is 15.3 Å². The Labute approximate surface area is 123 Å². The minimum atomic E-state index is -0.727. The molecule has 114 valence electrons. The van der Waals surface area contributed by atoms with Crippen molar-refractivity contribution in [3.63, 3.8) is 0 Å². The van der Waals surface area contributed by atoms with E-state index in [0.717, 1.165) is 6.33 Å². The summed E-state index contributed by atoms with van der Waals surface area (Å²) < 4.78 is 5.03. The molecule has 1 aromatic carbocycles. The van der Waals surface area contributed by atoms with Gasteiger partial charge in [-0.2, -0.15) is 0 Å². The third-order valence-electron chi connectivity index (χ3n) is 2.68. The van der Waals surface area contributed by atoms with Gasteiger partial charge in [0.1, 0.15) is 12.1 Å². The second-order valence-electron chi connectivity index (χ2n) is 3.98. The SMILES string of the molecule is COc1cc([N+](=O)[O-])ccc1Nc1ncnc(N)c1[N+](=O)[O-]. The molecule has 3 N–H and O–H groups in total. The molecule has 22 heavy (non-hydrogen) atoms. The van der Waals surface area contributed by atoms with Crippen LogP contribution in [0.2, 0.25) is 0 Å².